The second-order valence-electron chi connectivity index (χ2n) is 10.5. The number of nitrogens with zero attached hydrogens (tertiary/aromatic N) is 3. The summed E-state index contributed by atoms with van der Waals surface area (Å²) in [6, 6.07) is 16.7. The Morgan fingerprint density at radius 2 is 1.69 bits per heavy atom. The van der Waals surface area contributed by atoms with Crippen LogP contribution >= 0.6 is 0 Å². The SMILES string of the molecule is CN(C)CCN1CC(C(=O)O)n2c(c(-c3cccc(C(F)(F)F)c3)c(Cc3cccc4ccccc34)cc2=O)S1(=O)=O. The molecule has 0 bridgehead atoms. The van der Waals surface area contributed by atoms with Crippen molar-refractivity contribution >= 4 is 26.8 Å². The lowest BCUT2D eigenvalue weighted by atomic mass is 9.93. The van der Waals surface area contributed by atoms with Gasteiger partial charge in [0, 0.05) is 31.3 Å². The fraction of sp³-hybridized carbons (Fsp3) is 0.267. The fourth-order valence-electron chi connectivity index (χ4n) is 5.35. The van der Waals surface area contributed by atoms with Crippen LogP contribution in [0.2, 0.25) is 0 Å². The lowest BCUT2D eigenvalue weighted by molar-refractivity contribution is -0.141. The first-order valence-electron chi connectivity index (χ1n) is 13.1. The Kier molecular flexibility index (Phi) is 7.73. The molecule has 0 aliphatic carbocycles. The molecular weight excluding hydrogens is 571 g/mol. The van der Waals surface area contributed by atoms with Crippen LogP contribution in [0, 0.1) is 0 Å². The Morgan fingerprint density at radius 3 is 2.38 bits per heavy atom. The first-order valence-corrected chi connectivity index (χ1v) is 14.5. The molecular formula is C30H28F3N3O5S. The normalized spacial score (nSPS) is 17.0. The third-order valence-electron chi connectivity index (χ3n) is 7.38. The molecule has 0 amide bonds. The Balaban J connectivity index is 1.85. The molecule has 12 heteroatoms. The number of benzene rings is 3. The molecule has 4 aromatic rings. The van der Waals surface area contributed by atoms with Crippen molar-refractivity contribution in [1.82, 2.24) is 13.8 Å². The summed E-state index contributed by atoms with van der Waals surface area (Å²) in [5, 5.41) is 11.2. The smallest absolute Gasteiger partial charge is 0.416 e. The Hall–Kier alpha value is -4.00. The summed E-state index contributed by atoms with van der Waals surface area (Å²) < 4.78 is 71.4. The molecule has 1 unspecified atom stereocenters. The molecule has 1 aromatic heterocycles. The number of carboxylic acid groups (broad SMARTS) is 1. The largest absolute Gasteiger partial charge is 0.480 e. The van der Waals surface area contributed by atoms with Gasteiger partial charge in [-0.05, 0) is 60.1 Å². The van der Waals surface area contributed by atoms with Gasteiger partial charge in [-0.1, -0.05) is 54.6 Å². The number of aromatic nitrogens is 1. The van der Waals surface area contributed by atoms with E-state index >= 15 is 0 Å². The van der Waals surface area contributed by atoms with Gasteiger partial charge in [-0.25, -0.2) is 13.2 Å². The van der Waals surface area contributed by atoms with Crippen molar-refractivity contribution in [3.8, 4) is 11.1 Å². The van der Waals surface area contributed by atoms with Crippen LogP contribution < -0.4 is 5.56 Å². The van der Waals surface area contributed by atoms with Crippen LogP contribution in [0.4, 0.5) is 13.2 Å². The number of hydrogen-bond acceptors (Lipinski definition) is 5. The molecule has 1 atom stereocenters. The lowest BCUT2D eigenvalue weighted by Gasteiger charge is -2.35. The summed E-state index contributed by atoms with van der Waals surface area (Å²) in [5.74, 6) is -1.43. The van der Waals surface area contributed by atoms with Crippen LogP contribution in [0.25, 0.3) is 21.9 Å². The number of carbonyl (C=O) groups is 1. The molecule has 0 spiro atoms. The van der Waals surface area contributed by atoms with E-state index in [1.54, 1.807) is 31.1 Å². The monoisotopic (exact) mass is 599 g/mol. The van der Waals surface area contributed by atoms with E-state index in [9.17, 15) is 36.3 Å². The highest BCUT2D eigenvalue weighted by atomic mass is 32.2. The minimum absolute atomic E-state index is 0.0148. The predicted molar refractivity (Wildman–Crippen MR) is 152 cm³/mol. The molecule has 8 nitrogen and oxygen atoms in total. The number of pyridine rings is 1. The number of hydrogen-bond donors (Lipinski definition) is 1. The molecule has 2 heterocycles. The van der Waals surface area contributed by atoms with Crippen LogP contribution in [0.1, 0.15) is 22.7 Å². The zero-order valence-corrected chi connectivity index (χ0v) is 23.6. The first kappa shape index (κ1) is 29.5. The standard InChI is InChI=1S/C30H28F3N3O5S/c1-34(2)13-14-35-18-25(29(38)39)36-26(37)17-22(15-20-9-5-8-19-7-3-4-12-24(19)20)27(28(36)42(35,40)41)21-10-6-11-23(16-21)30(31,32)33/h3-12,16-17,25H,13-15,18H2,1-2H3,(H,38,39). The van der Waals surface area contributed by atoms with Crippen LogP contribution in [-0.4, -0.2) is 67.0 Å². The molecule has 0 fully saturated rings. The molecule has 0 saturated heterocycles. The van der Waals surface area contributed by atoms with E-state index < -0.39 is 50.9 Å². The maximum absolute atomic E-state index is 14.2. The van der Waals surface area contributed by atoms with E-state index in [0.717, 1.165) is 44.9 Å². The van der Waals surface area contributed by atoms with Gasteiger partial charge in [-0.2, -0.15) is 17.5 Å². The van der Waals surface area contributed by atoms with Crippen LogP contribution in [0.3, 0.4) is 0 Å². The number of likely N-dealkylation sites (N-methyl/N-ethyl adjacent to an activating group) is 1. The molecule has 42 heavy (non-hydrogen) atoms. The van der Waals surface area contributed by atoms with Crippen molar-refractivity contribution in [2.24, 2.45) is 0 Å². The summed E-state index contributed by atoms with van der Waals surface area (Å²) in [4.78, 5) is 27.7. The van der Waals surface area contributed by atoms with Crippen molar-refractivity contribution < 1.29 is 31.5 Å². The fourth-order valence-corrected chi connectivity index (χ4v) is 7.23. The van der Waals surface area contributed by atoms with Gasteiger partial charge >= 0.3 is 12.1 Å². The molecule has 220 valence electrons. The number of aliphatic carboxylic acids is 1. The van der Waals surface area contributed by atoms with E-state index in [1.165, 1.54) is 6.07 Å². The molecule has 1 aliphatic rings. The minimum Gasteiger partial charge on any atom is -0.480 e. The topological polar surface area (TPSA) is 99.9 Å². The zero-order valence-electron chi connectivity index (χ0n) is 22.8. The van der Waals surface area contributed by atoms with E-state index in [4.69, 9.17) is 0 Å². The second-order valence-corrected chi connectivity index (χ2v) is 12.3. The van der Waals surface area contributed by atoms with Crippen molar-refractivity contribution in [3.63, 3.8) is 0 Å². The van der Waals surface area contributed by atoms with Gasteiger partial charge in [-0.15, -0.1) is 0 Å². The summed E-state index contributed by atoms with van der Waals surface area (Å²) >= 11 is 0. The number of carboxylic acids is 1. The Bertz CT molecular complexity index is 1850. The summed E-state index contributed by atoms with van der Waals surface area (Å²) in [6.45, 7) is -0.323. The van der Waals surface area contributed by atoms with E-state index in [-0.39, 0.29) is 36.2 Å². The van der Waals surface area contributed by atoms with E-state index in [0.29, 0.717) is 4.57 Å². The van der Waals surface area contributed by atoms with Crippen molar-refractivity contribution in [3.05, 3.63) is 99.8 Å². The van der Waals surface area contributed by atoms with Gasteiger partial charge in [0.15, 0.2) is 5.03 Å². The number of rotatable bonds is 7. The van der Waals surface area contributed by atoms with Gasteiger partial charge < -0.3 is 10.0 Å². The second kappa shape index (κ2) is 11.0. The first-order chi connectivity index (χ1) is 19.8. The van der Waals surface area contributed by atoms with E-state index in [1.807, 2.05) is 30.3 Å². The average molecular weight is 600 g/mol. The number of halogens is 3. The van der Waals surface area contributed by atoms with Gasteiger partial charge in [-0.3, -0.25) is 9.36 Å². The van der Waals surface area contributed by atoms with Gasteiger partial charge in [0.05, 0.1) is 5.56 Å². The maximum atomic E-state index is 14.2. The lowest BCUT2D eigenvalue weighted by Crippen LogP contribution is -2.51. The highest BCUT2D eigenvalue weighted by molar-refractivity contribution is 7.89. The van der Waals surface area contributed by atoms with E-state index in [2.05, 4.69) is 0 Å². The molecule has 0 radical (unpaired) electrons. The molecule has 3 aromatic carbocycles. The van der Waals surface area contributed by atoms with Gasteiger partial charge in [0.25, 0.3) is 15.6 Å². The summed E-state index contributed by atoms with van der Waals surface area (Å²) in [7, 11) is -1.08. The quantitative estimate of drug-likeness (QED) is 0.337. The number of fused-ring (bicyclic) bond motifs is 2. The zero-order chi connectivity index (χ0) is 30.4. The van der Waals surface area contributed by atoms with Crippen molar-refractivity contribution in [2.75, 3.05) is 33.7 Å². The highest BCUT2D eigenvalue weighted by Crippen LogP contribution is 2.40. The Labute approximate surface area is 240 Å². The maximum Gasteiger partial charge on any atom is 0.416 e. The highest BCUT2D eigenvalue weighted by Gasteiger charge is 2.43. The van der Waals surface area contributed by atoms with Crippen molar-refractivity contribution in [2.45, 2.75) is 23.7 Å². The van der Waals surface area contributed by atoms with Gasteiger partial charge in [0.2, 0.25) is 0 Å². The molecule has 1 N–H and O–H groups in total. The van der Waals surface area contributed by atoms with Crippen LogP contribution in [-0.2, 0) is 27.4 Å². The summed E-state index contributed by atoms with van der Waals surface area (Å²) in [5.41, 5.74) is -1.20. The van der Waals surface area contributed by atoms with Crippen molar-refractivity contribution in [1.29, 1.82) is 0 Å². The van der Waals surface area contributed by atoms with Gasteiger partial charge in [0.1, 0.15) is 6.04 Å². The summed E-state index contributed by atoms with van der Waals surface area (Å²) in [6.07, 6.45) is -4.71. The van der Waals surface area contributed by atoms with Crippen LogP contribution in [0.15, 0.2) is 82.6 Å². The molecule has 1 aliphatic heterocycles. The minimum atomic E-state index is -4.72. The number of alkyl halides is 3. The third kappa shape index (κ3) is 5.44. The third-order valence-corrected chi connectivity index (χ3v) is 9.28. The average Bonchev–Trinajstić information content (AvgIpc) is 2.92. The Morgan fingerprint density at radius 1 is 1.00 bits per heavy atom. The molecule has 5 rings (SSSR count). The molecule has 0 saturated carbocycles. The van der Waals surface area contributed by atoms with Crippen LogP contribution in [0.5, 0.6) is 0 Å². The predicted octanol–water partition coefficient (Wildman–Crippen LogP) is 4.47. The number of sulfonamides is 1.